The molecule has 0 aromatic rings. The predicted octanol–water partition coefficient (Wildman–Crippen LogP) is 3.77. The van der Waals surface area contributed by atoms with Crippen molar-refractivity contribution >= 4 is 28.2 Å². The van der Waals surface area contributed by atoms with Crippen LogP contribution >= 0.6 is 0 Å². The standard InChI is InChI=1S/C15H32O4Si2/c1-14(2,18-20(5,6)7)12(16)11-13(17)15(3,4)19-21(8,9)10/h11H2,1-10H3. The van der Waals surface area contributed by atoms with Gasteiger partial charge in [0.2, 0.25) is 0 Å². The smallest absolute Gasteiger partial charge is 0.185 e. The van der Waals surface area contributed by atoms with Crippen LogP contribution in [-0.2, 0) is 18.4 Å². The molecule has 0 N–H and O–H groups in total. The fourth-order valence-electron chi connectivity index (χ4n) is 2.22. The van der Waals surface area contributed by atoms with Gasteiger partial charge in [0.15, 0.2) is 28.2 Å². The third-order valence-electron chi connectivity index (χ3n) is 2.79. The van der Waals surface area contributed by atoms with Crippen molar-refractivity contribution in [1.29, 1.82) is 0 Å². The van der Waals surface area contributed by atoms with E-state index in [0.717, 1.165) is 0 Å². The van der Waals surface area contributed by atoms with E-state index >= 15 is 0 Å². The van der Waals surface area contributed by atoms with Gasteiger partial charge in [-0.05, 0) is 67.0 Å². The predicted molar refractivity (Wildman–Crippen MR) is 91.7 cm³/mol. The van der Waals surface area contributed by atoms with Gasteiger partial charge in [-0.3, -0.25) is 9.59 Å². The maximum absolute atomic E-state index is 12.4. The van der Waals surface area contributed by atoms with E-state index in [-0.39, 0.29) is 18.0 Å². The number of hydrogen-bond donors (Lipinski definition) is 0. The number of ketones is 2. The van der Waals surface area contributed by atoms with Crippen molar-refractivity contribution < 1.29 is 18.4 Å². The summed E-state index contributed by atoms with van der Waals surface area (Å²) in [6, 6.07) is 0. The van der Waals surface area contributed by atoms with E-state index in [1.54, 1.807) is 27.7 Å². The van der Waals surface area contributed by atoms with Gasteiger partial charge in [-0.25, -0.2) is 0 Å². The molecule has 0 aliphatic rings. The van der Waals surface area contributed by atoms with E-state index in [0.29, 0.717) is 0 Å². The van der Waals surface area contributed by atoms with Crippen LogP contribution in [0.4, 0.5) is 0 Å². The summed E-state index contributed by atoms with van der Waals surface area (Å²) in [7, 11) is -3.69. The lowest BCUT2D eigenvalue weighted by atomic mass is 9.93. The van der Waals surface area contributed by atoms with Crippen molar-refractivity contribution in [1.82, 2.24) is 0 Å². The van der Waals surface area contributed by atoms with E-state index in [2.05, 4.69) is 0 Å². The summed E-state index contributed by atoms with van der Waals surface area (Å²) in [5.74, 6) is -0.357. The molecule has 0 spiro atoms. The van der Waals surface area contributed by atoms with Gasteiger partial charge in [-0.15, -0.1) is 0 Å². The molecule has 21 heavy (non-hydrogen) atoms. The van der Waals surface area contributed by atoms with Crippen molar-refractivity contribution in [2.45, 2.75) is 84.6 Å². The number of carbonyl (C=O) groups is 2. The topological polar surface area (TPSA) is 52.6 Å². The van der Waals surface area contributed by atoms with Crippen LogP contribution < -0.4 is 0 Å². The number of rotatable bonds is 8. The average Bonchev–Trinajstić information content (AvgIpc) is 2.08. The zero-order valence-electron chi connectivity index (χ0n) is 15.3. The summed E-state index contributed by atoms with van der Waals surface area (Å²) >= 11 is 0. The highest BCUT2D eigenvalue weighted by atomic mass is 28.4. The minimum absolute atomic E-state index is 0.144. The van der Waals surface area contributed by atoms with E-state index in [1.807, 2.05) is 39.3 Å². The molecule has 124 valence electrons. The van der Waals surface area contributed by atoms with Gasteiger partial charge in [0.1, 0.15) is 11.2 Å². The highest BCUT2D eigenvalue weighted by molar-refractivity contribution is 6.70. The third kappa shape index (κ3) is 8.04. The summed E-state index contributed by atoms with van der Waals surface area (Å²) in [5.41, 5.74) is -1.84. The minimum Gasteiger partial charge on any atom is -0.406 e. The van der Waals surface area contributed by atoms with Gasteiger partial charge < -0.3 is 8.85 Å². The van der Waals surface area contributed by atoms with Gasteiger partial charge in [0.05, 0.1) is 6.42 Å². The van der Waals surface area contributed by atoms with E-state index in [9.17, 15) is 9.59 Å². The van der Waals surface area contributed by atoms with Crippen LogP contribution in [0.15, 0.2) is 0 Å². The lowest BCUT2D eigenvalue weighted by molar-refractivity contribution is -0.142. The fourth-order valence-corrected chi connectivity index (χ4v) is 5.51. The van der Waals surface area contributed by atoms with Gasteiger partial charge in [-0.1, -0.05) is 0 Å². The summed E-state index contributed by atoms with van der Waals surface area (Å²) in [4.78, 5) is 24.8. The minimum atomic E-state index is -1.85. The van der Waals surface area contributed by atoms with Crippen LogP contribution in [0.1, 0.15) is 34.1 Å². The summed E-state index contributed by atoms with van der Waals surface area (Å²) in [6.07, 6.45) is -0.144. The monoisotopic (exact) mass is 332 g/mol. The molecule has 6 heteroatoms. The largest absolute Gasteiger partial charge is 0.406 e. The first-order valence-electron chi connectivity index (χ1n) is 7.43. The first-order chi connectivity index (χ1) is 8.96. The SMILES string of the molecule is CC(C)(O[Si](C)(C)C)C(=O)CC(=O)C(C)(C)O[Si](C)(C)C. The summed E-state index contributed by atoms with van der Waals surface area (Å²) in [6.45, 7) is 19.2. The molecule has 0 aliphatic carbocycles. The molecule has 0 amide bonds. The Morgan fingerprint density at radius 2 is 0.952 bits per heavy atom. The zero-order valence-corrected chi connectivity index (χ0v) is 17.3. The highest BCUT2D eigenvalue weighted by Crippen LogP contribution is 2.24. The van der Waals surface area contributed by atoms with E-state index in [1.165, 1.54) is 0 Å². The van der Waals surface area contributed by atoms with Crippen molar-refractivity contribution in [3.63, 3.8) is 0 Å². The molecule has 0 heterocycles. The quantitative estimate of drug-likeness (QED) is 0.501. The first kappa shape index (κ1) is 20.7. The second-order valence-electron chi connectivity index (χ2n) is 8.47. The Hall–Kier alpha value is -0.306. The molecular weight excluding hydrogens is 300 g/mol. The normalized spacial score (nSPS) is 14.2. The van der Waals surface area contributed by atoms with Gasteiger partial charge in [0, 0.05) is 0 Å². The molecule has 0 aromatic carbocycles. The Bertz CT molecular complexity index is 363. The molecule has 0 aliphatic heterocycles. The average molecular weight is 333 g/mol. The molecule has 0 aromatic heterocycles. The Kier molecular flexibility index (Phi) is 6.34. The maximum atomic E-state index is 12.4. The molecule has 0 bridgehead atoms. The van der Waals surface area contributed by atoms with Gasteiger partial charge in [0.25, 0.3) is 0 Å². The maximum Gasteiger partial charge on any atom is 0.185 e. The van der Waals surface area contributed by atoms with Crippen molar-refractivity contribution in [2.24, 2.45) is 0 Å². The molecule has 0 radical (unpaired) electrons. The number of carbonyl (C=O) groups excluding carboxylic acids is 2. The molecule has 0 unspecified atom stereocenters. The first-order valence-corrected chi connectivity index (χ1v) is 14.2. The second-order valence-corrected chi connectivity index (χ2v) is 17.3. The van der Waals surface area contributed by atoms with Crippen LogP contribution in [0.2, 0.25) is 39.3 Å². The number of hydrogen-bond acceptors (Lipinski definition) is 4. The summed E-state index contributed by atoms with van der Waals surface area (Å²) < 4.78 is 11.8. The molecule has 4 nitrogen and oxygen atoms in total. The van der Waals surface area contributed by atoms with Crippen LogP contribution in [0, 0.1) is 0 Å². The highest BCUT2D eigenvalue weighted by Gasteiger charge is 2.39. The lowest BCUT2D eigenvalue weighted by Gasteiger charge is -2.34. The Morgan fingerprint density at radius 1 is 0.714 bits per heavy atom. The van der Waals surface area contributed by atoms with Crippen LogP contribution in [-0.4, -0.2) is 39.4 Å². The molecular formula is C15H32O4Si2. The Balaban J connectivity index is 4.89. The molecule has 0 saturated carbocycles. The third-order valence-corrected chi connectivity index (χ3v) is 5.03. The fraction of sp³-hybridized carbons (Fsp3) is 0.867. The Labute approximate surface area is 131 Å². The lowest BCUT2D eigenvalue weighted by Crippen LogP contribution is -2.48. The second kappa shape index (κ2) is 6.44. The summed E-state index contributed by atoms with van der Waals surface area (Å²) in [5, 5.41) is 0. The van der Waals surface area contributed by atoms with Crippen molar-refractivity contribution in [2.75, 3.05) is 0 Å². The molecule has 0 rings (SSSR count). The molecule has 0 fully saturated rings. The van der Waals surface area contributed by atoms with Gasteiger partial charge >= 0.3 is 0 Å². The van der Waals surface area contributed by atoms with Crippen LogP contribution in [0.3, 0.4) is 0 Å². The molecule has 0 atom stereocenters. The van der Waals surface area contributed by atoms with Crippen molar-refractivity contribution in [3.05, 3.63) is 0 Å². The zero-order chi connectivity index (χ0) is 17.3. The van der Waals surface area contributed by atoms with Crippen LogP contribution in [0.5, 0.6) is 0 Å². The van der Waals surface area contributed by atoms with E-state index < -0.39 is 27.8 Å². The van der Waals surface area contributed by atoms with Gasteiger partial charge in [-0.2, -0.15) is 0 Å². The van der Waals surface area contributed by atoms with E-state index in [4.69, 9.17) is 8.85 Å². The number of Topliss-reactive ketones (excluding diaryl/α,β-unsaturated/α-hetero) is 2. The van der Waals surface area contributed by atoms with Crippen LogP contribution in [0.25, 0.3) is 0 Å². The Morgan fingerprint density at radius 3 is 1.14 bits per heavy atom. The molecule has 0 saturated heterocycles. The van der Waals surface area contributed by atoms with Crippen molar-refractivity contribution in [3.8, 4) is 0 Å².